The van der Waals surface area contributed by atoms with Crippen LogP contribution in [0.5, 0.6) is 0 Å². The van der Waals surface area contributed by atoms with Gasteiger partial charge in [-0.05, 0) is 0 Å². The molecular formula is C10H16N4O3. The summed E-state index contributed by atoms with van der Waals surface area (Å²) in [6, 6.07) is 0. The summed E-state index contributed by atoms with van der Waals surface area (Å²) in [6.07, 6.45) is 1.37. The molecule has 17 heavy (non-hydrogen) atoms. The Bertz CT molecular complexity index is 393. The number of ether oxygens (including phenoxy) is 2. The van der Waals surface area contributed by atoms with E-state index in [9.17, 15) is 4.79 Å². The summed E-state index contributed by atoms with van der Waals surface area (Å²) in [5.41, 5.74) is 0.887. The molecule has 1 aliphatic heterocycles. The molecule has 0 N–H and O–H groups in total. The number of hydrogen-bond acceptors (Lipinski definition) is 6. The van der Waals surface area contributed by atoms with Crippen LogP contribution in [0.1, 0.15) is 5.69 Å². The first-order valence-electron chi connectivity index (χ1n) is 5.46. The van der Waals surface area contributed by atoms with Crippen LogP contribution in [-0.2, 0) is 27.9 Å². The van der Waals surface area contributed by atoms with Crippen LogP contribution in [0.4, 0.5) is 0 Å². The Kier molecular flexibility index (Phi) is 3.70. The topological polar surface area (TPSA) is 69.5 Å². The number of morpholine rings is 1. The smallest absolute Gasteiger partial charge is 0.336 e. The molecule has 0 amide bonds. The van der Waals surface area contributed by atoms with Crippen LogP contribution in [0, 0.1) is 0 Å². The van der Waals surface area contributed by atoms with Gasteiger partial charge >= 0.3 is 5.97 Å². The molecule has 7 nitrogen and oxygen atoms in total. The summed E-state index contributed by atoms with van der Waals surface area (Å²) in [5, 5.41) is 7.88. The van der Waals surface area contributed by atoms with Crippen molar-refractivity contribution >= 4 is 5.97 Å². The number of carbonyl (C=O) groups is 1. The van der Waals surface area contributed by atoms with Crippen molar-refractivity contribution < 1.29 is 14.3 Å². The average molecular weight is 240 g/mol. The molecule has 0 spiro atoms. The van der Waals surface area contributed by atoms with E-state index in [-0.39, 0.29) is 5.97 Å². The molecule has 0 radical (unpaired) electrons. The summed E-state index contributed by atoms with van der Waals surface area (Å²) >= 11 is 0. The van der Waals surface area contributed by atoms with Crippen LogP contribution >= 0.6 is 0 Å². The Balaban J connectivity index is 1.91. The van der Waals surface area contributed by atoms with E-state index >= 15 is 0 Å². The Morgan fingerprint density at radius 1 is 1.71 bits per heavy atom. The van der Waals surface area contributed by atoms with Gasteiger partial charge in [0.25, 0.3) is 0 Å². The van der Waals surface area contributed by atoms with Gasteiger partial charge in [0.15, 0.2) is 6.10 Å². The van der Waals surface area contributed by atoms with Crippen molar-refractivity contribution in [3.63, 3.8) is 0 Å². The maximum Gasteiger partial charge on any atom is 0.336 e. The highest BCUT2D eigenvalue weighted by Gasteiger charge is 2.27. The molecule has 1 unspecified atom stereocenters. The number of nitrogens with zero attached hydrogens (tertiary/aromatic N) is 4. The summed E-state index contributed by atoms with van der Waals surface area (Å²) in [4.78, 5) is 13.5. The molecule has 7 heteroatoms. The largest absolute Gasteiger partial charge is 0.467 e. The third-order valence-electron chi connectivity index (χ3n) is 2.65. The van der Waals surface area contributed by atoms with Crippen LogP contribution in [0.25, 0.3) is 0 Å². The number of aromatic nitrogens is 3. The monoisotopic (exact) mass is 240 g/mol. The zero-order chi connectivity index (χ0) is 12.3. The van der Waals surface area contributed by atoms with Crippen molar-refractivity contribution in [2.45, 2.75) is 12.6 Å². The second-order valence-electron chi connectivity index (χ2n) is 4.00. The van der Waals surface area contributed by atoms with Crippen molar-refractivity contribution in [3.8, 4) is 0 Å². The van der Waals surface area contributed by atoms with Crippen LogP contribution in [0.15, 0.2) is 6.20 Å². The van der Waals surface area contributed by atoms with E-state index in [1.807, 2.05) is 13.2 Å². The number of aryl methyl sites for hydroxylation is 1. The first-order chi connectivity index (χ1) is 8.19. The number of carbonyl (C=O) groups excluding carboxylic acids is 1. The standard InChI is InChI=1S/C10H16N4O3/c1-13-5-8(11-12-13)6-14-3-4-17-9(7-14)10(15)16-2/h5,9H,3-4,6-7H2,1-2H3. The lowest BCUT2D eigenvalue weighted by Gasteiger charge is -2.30. The molecule has 1 aromatic rings. The summed E-state index contributed by atoms with van der Waals surface area (Å²) in [6.45, 7) is 2.51. The van der Waals surface area contributed by atoms with E-state index in [0.717, 1.165) is 12.2 Å². The van der Waals surface area contributed by atoms with Gasteiger partial charge in [-0.1, -0.05) is 5.21 Å². The van der Waals surface area contributed by atoms with Crippen LogP contribution in [0.3, 0.4) is 0 Å². The molecule has 0 saturated carbocycles. The highest BCUT2D eigenvalue weighted by Crippen LogP contribution is 2.09. The molecular weight excluding hydrogens is 224 g/mol. The van der Waals surface area contributed by atoms with Crippen molar-refractivity contribution in [3.05, 3.63) is 11.9 Å². The third-order valence-corrected chi connectivity index (χ3v) is 2.65. The fraction of sp³-hybridized carbons (Fsp3) is 0.700. The molecule has 94 valence electrons. The summed E-state index contributed by atoms with van der Waals surface area (Å²) in [5.74, 6) is -0.325. The molecule has 1 saturated heterocycles. The molecule has 1 aliphatic rings. The minimum Gasteiger partial charge on any atom is -0.467 e. The van der Waals surface area contributed by atoms with Gasteiger partial charge in [-0.25, -0.2) is 4.79 Å². The molecule has 0 aromatic carbocycles. The number of hydrogen-bond donors (Lipinski definition) is 0. The zero-order valence-electron chi connectivity index (χ0n) is 10.00. The summed E-state index contributed by atoms with van der Waals surface area (Å²) < 4.78 is 11.7. The van der Waals surface area contributed by atoms with Gasteiger partial charge in [-0.2, -0.15) is 0 Å². The van der Waals surface area contributed by atoms with Gasteiger partial charge in [-0.3, -0.25) is 9.58 Å². The second-order valence-corrected chi connectivity index (χ2v) is 4.00. The first kappa shape index (κ1) is 12.0. The maximum absolute atomic E-state index is 11.4. The number of methoxy groups -OCH3 is 1. The molecule has 2 heterocycles. The molecule has 0 aliphatic carbocycles. The molecule has 2 rings (SSSR count). The van der Waals surface area contributed by atoms with Gasteiger partial charge in [0.1, 0.15) is 0 Å². The Labute approximate surface area is 99.3 Å². The van der Waals surface area contributed by atoms with E-state index in [1.54, 1.807) is 4.68 Å². The van der Waals surface area contributed by atoms with Crippen molar-refractivity contribution in [1.29, 1.82) is 0 Å². The Hall–Kier alpha value is -1.47. The first-order valence-corrected chi connectivity index (χ1v) is 5.46. The lowest BCUT2D eigenvalue weighted by Crippen LogP contribution is -2.46. The Morgan fingerprint density at radius 2 is 2.53 bits per heavy atom. The lowest BCUT2D eigenvalue weighted by molar-refractivity contribution is -0.160. The minimum atomic E-state index is -0.495. The maximum atomic E-state index is 11.4. The molecule has 1 atom stereocenters. The average Bonchev–Trinajstić information content (AvgIpc) is 2.74. The predicted molar refractivity (Wildman–Crippen MR) is 58.0 cm³/mol. The van der Waals surface area contributed by atoms with Crippen LogP contribution in [-0.4, -0.2) is 58.8 Å². The quantitative estimate of drug-likeness (QED) is 0.644. The van der Waals surface area contributed by atoms with Gasteiger partial charge in [0.2, 0.25) is 0 Å². The van der Waals surface area contributed by atoms with Crippen LogP contribution in [0.2, 0.25) is 0 Å². The van der Waals surface area contributed by atoms with E-state index < -0.39 is 6.10 Å². The molecule has 0 bridgehead atoms. The number of esters is 1. The third kappa shape index (κ3) is 3.01. The molecule has 1 aromatic heterocycles. The van der Waals surface area contributed by atoms with E-state index in [0.29, 0.717) is 19.7 Å². The molecule has 1 fully saturated rings. The van der Waals surface area contributed by atoms with Crippen LogP contribution < -0.4 is 0 Å². The number of rotatable bonds is 3. The van der Waals surface area contributed by atoms with Crippen molar-refractivity contribution in [2.24, 2.45) is 7.05 Å². The lowest BCUT2D eigenvalue weighted by atomic mass is 10.2. The SMILES string of the molecule is COC(=O)C1CN(Cc2cn(C)nn2)CCO1. The van der Waals surface area contributed by atoms with E-state index in [4.69, 9.17) is 4.74 Å². The van der Waals surface area contributed by atoms with Crippen molar-refractivity contribution in [1.82, 2.24) is 19.9 Å². The fourth-order valence-corrected chi connectivity index (χ4v) is 1.82. The van der Waals surface area contributed by atoms with Crippen molar-refractivity contribution in [2.75, 3.05) is 26.8 Å². The van der Waals surface area contributed by atoms with E-state index in [1.165, 1.54) is 7.11 Å². The predicted octanol–water partition coefficient (Wildman–Crippen LogP) is -0.811. The van der Waals surface area contributed by atoms with Gasteiger partial charge in [-0.15, -0.1) is 5.10 Å². The highest BCUT2D eigenvalue weighted by molar-refractivity contribution is 5.74. The minimum absolute atomic E-state index is 0.325. The highest BCUT2D eigenvalue weighted by atomic mass is 16.6. The van der Waals surface area contributed by atoms with Gasteiger partial charge in [0.05, 0.1) is 19.4 Å². The fourth-order valence-electron chi connectivity index (χ4n) is 1.82. The van der Waals surface area contributed by atoms with E-state index in [2.05, 4.69) is 19.9 Å². The normalized spacial score (nSPS) is 21.4. The van der Waals surface area contributed by atoms with Gasteiger partial charge in [0, 0.05) is 32.9 Å². The summed E-state index contributed by atoms with van der Waals surface area (Å²) in [7, 11) is 3.19. The second kappa shape index (κ2) is 5.24. The van der Waals surface area contributed by atoms with Gasteiger partial charge < -0.3 is 9.47 Å². The Morgan fingerprint density at radius 3 is 3.18 bits per heavy atom. The zero-order valence-corrected chi connectivity index (χ0v) is 10.00.